The summed E-state index contributed by atoms with van der Waals surface area (Å²) in [6, 6.07) is 7.03. The van der Waals surface area contributed by atoms with Gasteiger partial charge >= 0.3 is 5.97 Å². The summed E-state index contributed by atoms with van der Waals surface area (Å²) in [6.45, 7) is 0. The summed E-state index contributed by atoms with van der Waals surface area (Å²) in [4.78, 5) is 14.4. The van der Waals surface area contributed by atoms with Crippen molar-refractivity contribution in [1.82, 2.24) is 4.98 Å². The summed E-state index contributed by atoms with van der Waals surface area (Å²) < 4.78 is 18.9. The summed E-state index contributed by atoms with van der Waals surface area (Å²) in [5, 5.41) is 8.77. The van der Waals surface area contributed by atoms with E-state index in [9.17, 15) is 9.18 Å². The number of aromatic nitrogens is 1. The minimum Gasteiger partial charge on any atom is -0.477 e. The number of aromatic carboxylic acids is 1. The van der Waals surface area contributed by atoms with Crippen LogP contribution in [0.4, 0.5) is 4.39 Å². The summed E-state index contributed by atoms with van der Waals surface area (Å²) >= 11 is 3.03. The topological polar surface area (TPSA) is 59.4 Å². The molecule has 1 aromatic carbocycles. The van der Waals surface area contributed by atoms with Crippen LogP contribution < -0.4 is 4.74 Å². The van der Waals surface area contributed by atoms with E-state index in [1.54, 1.807) is 6.07 Å². The fourth-order valence-corrected chi connectivity index (χ4v) is 1.51. The molecule has 0 spiro atoms. The number of rotatable bonds is 3. The van der Waals surface area contributed by atoms with Crippen LogP contribution in [0.25, 0.3) is 0 Å². The molecule has 0 amide bonds. The van der Waals surface area contributed by atoms with Gasteiger partial charge in [-0.25, -0.2) is 14.2 Å². The molecule has 0 aliphatic carbocycles. The molecule has 2 rings (SSSR count). The Hall–Kier alpha value is -1.95. The van der Waals surface area contributed by atoms with Gasteiger partial charge in [-0.05, 0) is 34.1 Å². The van der Waals surface area contributed by atoms with E-state index in [1.165, 1.54) is 30.5 Å². The molecule has 0 bridgehead atoms. The van der Waals surface area contributed by atoms with Gasteiger partial charge in [-0.3, -0.25) is 0 Å². The number of nitrogens with zero attached hydrogens (tertiary/aromatic N) is 1. The first-order valence-corrected chi connectivity index (χ1v) is 5.68. The molecule has 6 heteroatoms. The van der Waals surface area contributed by atoms with Crippen LogP contribution in [0.3, 0.4) is 0 Å². The Labute approximate surface area is 110 Å². The van der Waals surface area contributed by atoms with Gasteiger partial charge in [0.1, 0.15) is 17.3 Å². The third-order valence-corrected chi connectivity index (χ3v) is 2.72. The number of carboxylic acid groups (broad SMARTS) is 1. The number of carbonyl (C=O) groups is 1. The number of benzene rings is 1. The summed E-state index contributed by atoms with van der Waals surface area (Å²) in [5.41, 5.74) is -0.134. The van der Waals surface area contributed by atoms with Crippen molar-refractivity contribution in [2.24, 2.45) is 0 Å². The molecule has 18 heavy (non-hydrogen) atoms. The molecule has 0 unspecified atom stereocenters. The minimum atomic E-state index is -1.15. The summed E-state index contributed by atoms with van der Waals surface area (Å²) in [6.07, 6.45) is 1.31. The Morgan fingerprint density at radius 3 is 2.67 bits per heavy atom. The number of hydrogen-bond donors (Lipinski definition) is 1. The molecule has 0 saturated carbocycles. The first kappa shape index (κ1) is 12.5. The zero-order chi connectivity index (χ0) is 13.1. The highest BCUT2D eigenvalue weighted by Gasteiger charge is 2.07. The Morgan fingerprint density at radius 1 is 1.28 bits per heavy atom. The monoisotopic (exact) mass is 311 g/mol. The van der Waals surface area contributed by atoms with E-state index in [0.29, 0.717) is 4.47 Å². The van der Waals surface area contributed by atoms with Gasteiger partial charge in [-0.2, -0.15) is 0 Å². The summed E-state index contributed by atoms with van der Waals surface area (Å²) in [5.74, 6) is -1.05. The number of ether oxygens (including phenoxy) is 1. The predicted octanol–water partition coefficient (Wildman–Crippen LogP) is 3.47. The second-order valence-electron chi connectivity index (χ2n) is 3.36. The molecule has 2 aromatic rings. The fourth-order valence-electron chi connectivity index (χ4n) is 1.27. The van der Waals surface area contributed by atoms with E-state index in [1.807, 2.05) is 0 Å². The van der Waals surface area contributed by atoms with Crippen LogP contribution in [0, 0.1) is 5.82 Å². The Bertz CT molecular complexity index is 604. The second-order valence-corrected chi connectivity index (χ2v) is 4.21. The number of hydrogen-bond acceptors (Lipinski definition) is 3. The molecule has 92 valence electrons. The molecule has 0 radical (unpaired) electrons. The maximum Gasteiger partial charge on any atom is 0.354 e. The predicted molar refractivity (Wildman–Crippen MR) is 65.4 cm³/mol. The maximum atomic E-state index is 13.3. The lowest BCUT2D eigenvalue weighted by Crippen LogP contribution is -1.99. The highest BCUT2D eigenvalue weighted by molar-refractivity contribution is 9.10. The van der Waals surface area contributed by atoms with Crippen LogP contribution in [0.15, 0.2) is 41.0 Å². The highest BCUT2D eigenvalue weighted by atomic mass is 79.9. The van der Waals surface area contributed by atoms with Crippen molar-refractivity contribution in [1.29, 1.82) is 0 Å². The van der Waals surface area contributed by atoms with Crippen molar-refractivity contribution in [3.8, 4) is 11.5 Å². The number of carboxylic acids is 1. The van der Waals surface area contributed by atoms with Crippen molar-refractivity contribution in [2.45, 2.75) is 0 Å². The van der Waals surface area contributed by atoms with E-state index in [2.05, 4.69) is 20.9 Å². The molecule has 1 aromatic heterocycles. The Morgan fingerprint density at radius 2 is 2.00 bits per heavy atom. The van der Waals surface area contributed by atoms with Crippen molar-refractivity contribution < 1.29 is 19.0 Å². The lowest BCUT2D eigenvalue weighted by atomic mass is 10.3. The van der Waals surface area contributed by atoms with Crippen LogP contribution in [0.5, 0.6) is 11.5 Å². The lowest BCUT2D eigenvalue weighted by Gasteiger charge is -2.06. The first-order chi connectivity index (χ1) is 8.56. The van der Waals surface area contributed by atoms with Gasteiger partial charge in [-0.15, -0.1) is 0 Å². The normalized spacial score (nSPS) is 10.1. The zero-order valence-electron chi connectivity index (χ0n) is 8.93. The first-order valence-electron chi connectivity index (χ1n) is 4.88. The van der Waals surface area contributed by atoms with E-state index in [-0.39, 0.29) is 17.2 Å². The molecular formula is C12H7BrFNO3. The minimum absolute atomic E-state index is 0.134. The lowest BCUT2D eigenvalue weighted by molar-refractivity contribution is 0.0690. The van der Waals surface area contributed by atoms with E-state index >= 15 is 0 Å². The average molecular weight is 312 g/mol. The quantitative estimate of drug-likeness (QED) is 0.943. The van der Waals surface area contributed by atoms with Crippen LogP contribution in [0.2, 0.25) is 0 Å². The van der Waals surface area contributed by atoms with Gasteiger partial charge in [0.15, 0.2) is 5.69 Å². The van der Waals surface area contributed by atoms with Crippen LogP contribution >= 0.6 is 15.9 Å². The Kier molecular flexibility index (Phi) is 3.57. The van der Waals surface area contributed by atoms with E-state index in [4.69, 9.17) is 9.84 Å². The number of halogens is 2. The van der Waals surface area contributed by atoms with Gasteiger partial charge in [0.05, 0.1) is 4.47 Å². The highest BCUT2D eigenvalue weighted by Crippen LogP contribution is 2.25. The van der Waals surface area contributed by atoms with Crippen LogP contribution in [-0.4, -0.2) is 16.1 Å². The molecule has 0 aliphatic rings. The van der Waals surface area contributed by atoms with E-state index in [0.717, 1.165) is 0 Å². The molecule has 4 nitrogen and oxygen atoms in total. The molecule has 1 N–H and O–H groups in total. The maximum absolute atomic E-state index is 13.3. The van der Waals surface area contributed by atoms with E-state index < -0.39 is 11.8 Å². The standard InChI is InChI=1S/C12H7BrFNO3/c13-9-2-1-7(5-10(9)14)18-8-3-4-15-11(6-8)12(16)17/h1-6H,(H,16,17). The third-order valence-electron chi connectivity index (χ3n) is 2.08. The molecule has 0 atom stereocenters. The van der Waals surface area contributed by atoms with Gasteiger partial charge < -0.3 is 9.84 Å². The van der Waals surface area contributed by atoms with Gasteiger partial charge in [0, 0.05) is 18.3 Å². The average Bonchev–Trinajstić information content (AvgIpc) is 2.34. The van der Waals surface area contributed by atoms with Crippen molar-refractivity contribution in [2.75, 3.05) is 0 Å². The van der Waals surface area contributed by atoms with Crippen LogP contribution in [0.1, 0.15) is 10.5 Å². The summed E-state index contributed by atoms with van der Waals surface area (Å²) in [7, 11) is 0. The SMILES string of the molecule is O=C(O)c1cc(Oc2ccc(Br)c(F)c2)ccn1. The van der Waals surface area contributed by atoms with Crippen molar-refractivity contribution in [3.63, 3.8) is 0 Å². The molecule has 0 fully saturated rings. The molecule has 0 aliphatic heterocycles. The fraction of sp³-hybridized carbons (Fsp3) is 0. The van der Waals surface area contributed by atoms with Crippen LogP contribution in [-0.2, 0) is 0 Å². The largest absolute Gasteiger partial charge is 0.477 e. The van der Waals surface area contributed by atoms with Gasteiger partial charge in [-0.1, -0.05) is 0 Å². The molecular weight excluding hydrogens is 305 g/mol. The van der Waals surface area contributed by atoms with Crippen molar-refractivity contribution >= 4 is 21.9 Å². The molecule has 1 heterocycles. The Balaban J connectivity index is 2.25. The number of pyridine rings is 1. The van der Waals surface area contributed by atoms with Gasteiger partial charge in [0.25, 0.3) is 0 Å². The second kappa shape index (κ2) is 5.14. The molecule has 0 saturated heterocycles. The third kappa shape index (κ3) is 2.84. The zero-order valence-corrected chi connectivity index (χ0v) is 10.5. The van der Waals surface area contributed by atoms with Crippen molar-refractivity contribution in [3.05, 3.63) is 52.5 Å². The van der Waals surface area contributed by atoms with Gasteiger partial charge in [0.2, 0.25) is 0 Å². The smallest absolute Gasteiger partial charge is 0.354 e.